The van der Waals surface area contributed by atoms with Gasteiger partial charge < -0.3 is 5.73 Å². The molecule has 1 aromatic carbocycles. The second-order valence-electron chi connectivity index (χ2n) is 4.85. The molecule has 2 N–H and O–H groups in total. The van der Waals surface area contributed by atoms with Crippen LogP contribution in [0.1, 0.15) is 50.6 Å². The Hall–Kier alpha value is 0.01000. The Morgan fingerprint density at radius 3 is 2.59 bits per heavy atom. The summed E-state index contributed by atoms with van der Waals surface area (Å²) in [6.45, 7) is 2.02. The van der Waals surface area contributed by atoms with E-state index in [1.165, 1.54) is 42.6 Å². The van der Waals surface area contributed by atoms with Crippen molar-refractivity contribution in [3.05, 3.63) is 28.2 Å². The molecule has 0 aliphatic heterocycles. The van der Waals surface area contributed by atoms with Gasteiger partial charge >= 0.3 is 0 Å². The summed E-state index contributed by atoms with van der Waals surface area (Å²) in [5, 5.41) is 0.816. The van der Waals surface area contributed by atoms with E-state index in [9.17, 15) is 0 Å². The van der Waals surface area contributed by atoms with Gasteiger partial charge in [-0.3, -0.25) is 0 Å². The molecule has 1 aliphatic rings. The average molecular weight is 314 g/mol. The minimum absolute atomic E-state index is 0.0955. The van der Waals surface area contributed by atoms with Gasteiger partial charge in [-0.05, 0) is 37.5 Å². The summed E-state index contributed by atoms with van der Waals surface area (Å²) >= 11 is 5.65. The summed E-state index contributed by atoms with van der Waals surface area (Å²) in [6, 6.07) is 6.68. The zero-order valence-electron chi connectivity index (χ0n) is 10.3. The number of nitrogens with two attached hydrogens (primary N) is 1. The van der Waals surface area contributed by atoms with Crippen molar-refractivity contribution in [2.75, 3.05) is 0 Å². The minimum Gasteiger partial charge on any atom is -0.324 e. The first-order valence-corrected chi connectivity index (χ1v) is 8.06. The van der Waals surface area contributed by atoms with Crippen molar-refractivity contribution in [3.8, 4) is 0 Å². The largest absolute Gasteiger partial charge is 0.324 e. The van der Waals surface area contributed by atoms with Crippen LogP contribution in [0.5, 0.6) is 0 Å². The van der Waals surface area contributed by atoms with E-state index in [0.717, 1.165) is 9.72 Å². The number of benzene rings is 1. The van der Waals surface area contributed by atoms with Gasteiger partial charge in [0.15, 0.2) is 0 Å². The lowest BCUT2D eigenvalue weighted by Crippen LogP contribution is -2.08. The third kappa shape index (κ3) is 3.73. The normalized spacial score (nSPS) is 19.2. The van der Waals surface area contributed by atoms with Crippen molar-refractivity contribution in [2.45, 2.75) is 55.2 Å². The Kier molecular flexibility index (Phi) is 4.95. The van der Waals surface area contributed by atoms with Crippen LogP contribution in [0, 0.1) is 0 Å². The molecule has 1 nitrogen and oxygen atoms in total. The molecule has 17 heavy (non-hydrogen) atoms. The molecular weight excluding hydrogens is 294 g/mol. The highest BCUT2D eigenvalue weighted by atomic mass is 79.9. The minimum atomic E-state index is 0.0955. The molecule has 0 spiro atoms. The maximum absolute atomic E-state index is 5.91. The Morgan fingerprint density at radius 2 is 2.00 bits per heavy atom. The van der Waals surface area contributed by atoms with Crippen LogP contribution in [0.2, 0.25) is 0 Å². The lowest BCUT2D eigenvalue weighted by atomic mass is 10.0. The number of hydrogen-bond donors (Lipinski definition) is 1. The van der Waals surface area contributed by atoms with Crippen LogP contribution in [-0.4, -0.2) is 5.25 Å². The number of rotatable bonds is 3. The standard InChI is InChI=1S/C14H20BrNS/c1-10(16)13-8-7-12(9-14(13)15)17-11-5-3-2-4-6-11/h7-11H,2-6,16H2,1H3. The van der Waals surface area contributed by atoms with E-state index in [1.54, 1.807) is 0 Å². The van der Waals surface area contributed by atoms with Crippen molar-refractivity contribution in [1.82, 2.24) is 0 Å². The van der Waals surface area contributed by atoms with Crippen LogP contribution in [0.4, 0.5) is 0 Å². The smallest absolute Gasteiger partial charge is 0.0277 e. The molecule has 3 heteroatoms. The highest BCUT2D eigenvalue weighted by molar-refractivity contribution is 9.10. The van der Waals surface area contributed by atoms with E-state index in [4.69, 9.17) is 5.73 Å². The fraction of sp³-hybridized carbons (Fsp3) is 0.571. The van der Waals surface area contributed by atoms with Crippen molar-refractivity contribution >= 4 is 27.7 Å². The molecule has 1 fully saturated rings. The molecule has 1 saturated carbocycles. The predicted molar refractivity (Wildman–Crippen MR) is 79.5 cm³/mol. The summed E-state index contributed by atoms with van der Waals surface area (Å²) in [5.41, 5.74) is 7.10. The molecule has 1 aromatic rings. The quantitative estimate of drug-likeness (QED) is 0.859. The summed E-state index contributed by atoms with van der Waals surface area (Å²) in [7, 11) is 0. The molecule has 0 heterocycles. The van der Waals surface area contributed by atoms with Gasteiger partial charge in [0, 0.05) is 20.7 Å². The number of hydrogen-bond acceptors (Lipinski definition) is 2. The van der Waals surface area contributed by atoms with E-state index in [1.807, 2.05) is 18.7 Å². The van der Waals surface area contributed by atoms with Gasteiger partial charge in [-0.1, -0.05) is 41.3 Å². The summed E-state index contributed by atoms with van der Waals surface area (Å²) < 4.78 is 1.15. The maximum atomic E-state index is 5.91. The monoisotopic (exact) mass is 313 g/mol. The van der Waals surface area contributed by atoms with Gasteiger partial charge in [-0.2, -0.15) is 0 Å². The average Bonchev–Trinajstić information content (AvgIpc) is 2.30. The first-order valence-electron chi connectivity index (χ1n) is 6.38. The van der Waals surface area contributed by atoms with Crippen molar-refractivity contribution in [2.24, 2.45) is 5.73 Å². The summed E-state index contributed by atoms with van der Waals surface area (Å²) in [5.74, 6) is 0. The fourth-order valence-corrected chi connectivity index (χ4v) is 4.50. The van der Waals surface area contributed by atoms with Crippen molar-refractivity contribution in [3.63, 3.8) is 0 Å². The molecule has 1 atom stereocenters. The Labute approximate surface area is 117 Å². The topological polar surface area (TPSA) is 26.0 Å². The van der Waals surface area contributed by atoms with Gasteiger partial charge in [0.25, 0.3) is 0 Å². The van der Waals surface area contributed by atoms with Crippen LogP contribution < -0.4 is 5.73 Å². The molecule has 2 rings (SSSR count). The molecule has 0 radical (unpaired) electrons. The molecule has 1 unspecified atom stereocenters. The Bertz CT molecular complexity index is 372. The summed E-state index contributed by atoms with van der Waals surface area (Å²) in [6.07, 6.45) is 6.96. The molecule has 0 bridgehead atoms. The third-order valence-corrected chi connectivity index (χ3v) is 5.34. The lowest BCUT2D eigenvalue weighted by molar-refractivity contribution is 0.516. The highest BCUT2D eigenvalue weighted by Gasteiger charge is 2.15. The van der Waals surface area contributed by atoms with Gasteiger partial charge in [0.2, 0.25) is 0 Å². The molecular formula is C14H20BrNS. The van der Waals surface area contributed by atoms with Crippen molar-refractivity contribution < 1.29 is 0 Å². The van der Waals surface area contributed by atoms with Crippen LogP contribution in [-0.2, 0) is 0 Å². The van der Waals surface area contributed by atoms with E-state index < -0.39 is 0 Å². The molecule has 94 valence electrons. The van der Waals surface area contributed by atoms with Crippen LogP contribution >= 0.6 is 27.7 Å². The zero-order valence-corrected chi connectivity index (χ0v) is 12.7. The molecule has 0 amide bonds. The van der Waals surface area contributed by atoms with Crippen LogP contribution in [0.25, 0.3) is 0 Å². The summed E-state index contributed by atoms with van der Waals surface area (Å²) in [4.78, 5) is 1.37. The second kappa shape index (κ2) is 6.26. The Morgan fingerprint density at radius 1 is 1.29 bits per heavy atom. The fourth-order valence-electron chi connectivity index (χ4n) is 2.33. The van der Waals surface area contributed by atoms with Gasteiger partial charge in [-0.15, -0.1) is 11.8 Å². The lowest BCUT2D eigenvalue weighted by Gasteiger charge is -2.21. The molecule has 0 aromatic heterocycles. The SMILES string of the molecule is CC(N)c1ccc(SC2CCCCC2)cc1Br. The van der Waals surface area contributed by atoms with Gasteiger partial charge in [-0.25, -0.2) is 0 Å². The van der Waals surface area contributed by atoms with Crippen molar-refractivity contribution in [1.29, 1.82) is 0 Å². The zero-order chi connectivity index (χ0) is 12.3. The second-order valence-corrected chi connectivity index (χ2v) is 7.08. The van der Waals surface area contributed by atoms with E-state index >= 15 is 0 Å². The third-order valence-electron chi connectivity index (χ3n) is 3.32. The van der Waals surface area contributed by atoms with Gasteiger partial charge in [0.1, 0.15) is 0 Å². The first-order chi connectivity index (χ1) is 8.16. The molecule has 0 saturated heterocycles. The highest BCUT2D eigenvalue weighted by Crippen LogP contribution is 2.35. The first kappa shape index (κ1) is 13.4. The maximum Gasteiger partial charge on any atom is 0.0277 e. The van der Waals surface area contributed by atoms with Crippen LogP contribution in [0.15, 0.2) is 27.6 Å². The molecule has 1 aliphatic carbocycles. The van der Waals surface area contributed by atoms with E-state index in [-0.39, 0.29) is 6.04 Å². The number of halogens is 1. The van der Waals surface area contributed by atoms with E-state index in [2.05, 4.69) is 34.1 Å². The predicted octanol–water partition coefficient (Wildman–Crippen LogP) is 4.89. The van der Waals surface area contributed by atoms with Crippen LogP contribution in [0.3, 0.4) is 0 Å². The van der Waals surface area contributed by atoms with E-state index in [0.29, 0.717) is 0 Å². The number of thioether (sulfide) groups is 1. The van der Waals surface area contributed by atoms with Gasteiger partial charge in [0.05, 0.1) is 0 Å². The Balaban J connectivity index is 2.04.